The molecule has 1 aromatic heterocycles. The van der Waals surface area contributed by atoms with Gasteiger partial charge in [-0.25, -0.2) is 0 Å². The van der Waals surface area contributed by atoms with E-state index in [9.17, 15) is 0 Å². The van der Waals surface area contributed by atoms with Gasteiger partial charge < -0.3 is 4.42 Å². The van der Waals surface area contributed by atoms with Crippen LogP contribution in [0.1, 0.15) is 31.1 Å². The van der Waals surface area contributed by atoms with Gasteiger partial charge in [-0.05, 0) is 13.0 Å². The molecule has 0 aliphatic rings. The van der Waals surface area contributed by atoms with Crippen LogP contribution in [0.5, 0.6) is 0 Å². The van der Waals surface area contributed by atoms with Crippen molar-refractivity contribution in [3.05, 3.63) is 35.6 Å². The molecule has 1 unspecified atom stereocenters. The summed E-state index contributed by atoms with van der Waals surface area (Å²) in [6.07, 6.45) is 0.829. The minimum Gasteiger partial charge on any atom is -0.461 e. The summed E-state index contributed by atoms with van der Waals surface area (Å²) in [5, 5.41) is 10.1. The van der Waals surface area contributed by atoms with Crippen molar-refractivity contribution in [2.75, 3.05) is 0 Å². The molecule has 0 bridgehead atoms. The molecule has 0 amide bonds. The number of hydrogen-bond donors (Lipinski definition) is 0. The van der Waals surface area contributed by atoms with Gasteiger partial charge in [0, 0.05) is 17.4 Å². The zero-order valence-electron chi connectivity index (χ0n) is 8.95. The Morgan fingerprint density at radius 1 is 1.40 bits per heavy atom. The topological polar surface area (TPSA) is 36.9 Å². The van der Waals surface area contributed by atoms with Crippen molar-refractivity contribution in [1.29, 1.82) is 5.26 Å². The molecule has 1 atom stereocenters. The van der Waals surface area contributed by atoms with Crippen LogP contribution in [0.25, 0.3) is 11.0 Å². The maximum Gasteiger partial charge on any atom is 0.134 e. The molecule has 0 N–H and O–H groups in total. The van der Waals surface area contributed by atoms with Gasteiger partial charge in [0.05, 0.1) is 12.0 Å². The van der Waals surface area contributed by atoms with E-state index in [2.05, 4.69) is 6.07 Å². The molecule has 2 nitrogen and oxygen atoms in total. The summed E-state index contributed by atoms with van der Waals surface area (Å²) < 4.78 is 5.72. The molecular formula is C13H13NO. The smallest absolute Gasteiger partial charge is 0.134 e. The van der Waals surface area contributed by atoms with E-state index >= 15 is 0 Å². The first kappa shape index (κ1) is 9.79. The number of nitrogens with zero attached hydrogens (tertiary/aromatic N) is 1. The van der Waals surface area contributed by atoms with Crippen molar-refractivity contribution in [2.24, 2.45) is 0 Å². The van der Waals surface area contributed by atoms with E-state index in [1.54, 1.807) is 0 Å². The molecule has 15 heavy (non-hydrogen) atoms. The Hall–Kier alpha value is -1.75. The zero-order chi connectivity index (χ0) is 10.8. The first-order chi connectivity index (χ1) is 7.27. The first-order valence-electron chi connectivity index (χ1n) is 5.17. The van der Waals surface area contributed by atoms with E-state index in [1.807, 2.05) is 38.1 Å². The Labute approximate surface area is 89.1 Å². The lowest BCUT2D eigenvalue weighted by Crippen LogP contribution is -1.92. The summed E-state index contributed by atoms with van der Waals surface area (Å²) in [5.74, 6) is 0.828. The van der Waals surface area contributed by atoms with E-state index in [4.69, 9.17) is 9.68 Å². The van der Waals surface area contributed by atoms with Gasteiger partial charge in [-0.1, -0.05) is 25.1 Å². The summed E-state index contributed by atoms with van der Waals surface area (Å²) >= 11 is 0. The van der Waals surface area contributed by atoms with Gasteiger partial charge in [0.15, 0.2) is 0 Å². The Kier molecular flexibility index (Phi) is 2.47. The molecule has 0 saturated heterocycles. The average Bonchev–Trinajstić information content (AvgIpc) is 2.66. The molecule has 76 valence electrons. The van der Waals surface area contributed by atoms with Crippen LogP contribution >= 0.6 is 0 Å². The van der Waals surface area contributed by atoms with Crippen molar-refractivity contribution in [1.82, 2.24) is 0 Å². The van der Waals surface area contributed by atoms with E-state index in [0.29, 0.717) is 0 Å². The lowest BCUT2D eigenvalue weighted by atomic mass is 9.98. The number of benzene rings is 1. The zero-order valence-corrected chi connectivity index (χ0v) is 8.95. The van der Waals surface area contributed by atoms with Gasteiger partial charge in [0.1, 0.15) is 11.3 Å². The maximum atomic E-state index is 8.99. The molecule has 2 rings (SSSR count). The van der Waals surface area contributed by atoms with Gasteiger partial charge in [0.25, 0.3) is 0 Å². The predicted molar refractivity (Wildman–Crippen MR) is 59.6 cm³/mol. The number of nitriles is 1. The third-order valence-electron chi connectivity index (χ3n) is 2.66. The minimum atomic E-state index is -0.108. The second-order valence-electron chi connectivity index (χ2n) is 3.64. The lowest BCUT2D eigenvalue weighted by Gasteiger charge is -2.01. The molecular weight excluding hydrogens is 186 g/mol. The number of furan rings is 1. The van der Waals surface area contributed by atoms with Gasteiger partial charge in [0.2, 0.25) is 0 Å². The SMILES string of the molecule is CCc1oc2ccccc2c1C(C)C#N. The van der Waals surface area contributed by atoms with Crippen molar-refractivity contribution >= 4 is 11.0 Å². The van der Waals surface area contributed by atoms with Crippen molar-refractivity contribution in [3.8, 4) is 6.07 Å². The number of hydrogen-bond acceptors (Lipinski definition) is 2. The van der Waals surface area contributed by atoms with Crippen LogP contribution < -0.4 is 0 Å². The van der Waals surface area contributed by atoms with Crippen LogP contribution in [0.15, 0.2) is 28.7 Å². The van der Waals surface area contributed by atoms with Gasteiger partial charge in [-0.3, -0.25) is 0 Å². The van der Waals surface area contributed by atoms with Crippen LogP contribution in [0.4, 0.5) is 0 Å². The Balaban J connectivity index is 2.73. The highest BCUT2D eigenvalue weighted by molar-refractivity contribution is 5.83. The third-order valence-corrected chi connectivity index (χ3v) is 2.66. The van der Waals surface area contributed by atoms with Crippen LogP contribution in [-0.4, -0.2) is 0 Å². The quantitative estimate of drug-likeness (QED) is 0.740. The summed E-state index contributed by atoms with van der Waals surface area (Å²) in [5.41, 5.74) is 1.93. The van der Waals surface area contributed by atoms with Gasteiger partial charge >= 0.3 is 0 Å². The van der Waals surface area contributed by atoms with Crippen LogP contribution in [-0.2, 0) is 6.42 Å². The highest BCUT2D eigenvalue weighted by atomic mass is 16.3. The molecule has 0 fully saturated rings. The van der Waals surface area contributed by atoms with Crippen molar-refractivity contribution in [3.63, 3.8) is 0 Å². The molecule has 0 aliphatic carbocycles. The van der Waals surface area contributed by atoms with Crippen molar-refractivity contribution < 1.29 is 4.42 Å². The fraction of sp³-hybridized carbons (Fsp3) is 0.308. The molecule has 2 aromatic rings. The average molecular weight is 199 g/mol. The molecule has 0 spiro atoms. The molecule has 0 saturated carbocycles. The lowest BCUT2D eigenvalue weighted by molar-refractivity contribution is 0.549. The Bertz CT molecular complexity index is 519. The molecule has 0 aliphatic heterocycles. The van der Waals surface area contributed by atoms with Gasteiger partial charge in [-0.2, -0.15) is 5.26 Å². The molecule has 0 radical (unpaired) electrons. The molecule has 1 aromatic carbocycles. The summed E-state index contributed by atoms with van der Waals surface area (Å²) in [4.78, 5) is 0. The summed E-state index contributed by atoms with van der Waals surface area (Å²) in [6, 6.07) is 10.2. The number of aryl methyl sites for hydroxylation is 1. The van der Waals surface area contributed by atoms with Crippen LogP contribution in [0.2, 0.25) is 0 Å². The minimum absolute atomic E-state index is 0.108. The number of para-hydroxylation sites is 1. The second-order valence-corrected chi connectivity index (χ2v) is 3.64. The van der Waals surface area contributed by atoms with E-state index in [0.717, 1.165) is 28.7 Å². The highest BCUT2D eigenvalue weighted by Crippen LogP contribution is 2.31. The Morgan fingerprint density at radius 3 is 2.80 bits per heavy atom. The van der Waals surface area contributed by atoms with Gasteiger partial charge in [-0.15, -0.1) is 0 Å². The summed E-state index contributed by atoms with van der Waals surface area (Å²) in [7, 11) is 0. The normalized spacial score (nSPS) is 12.6. The summed E-state index contributed by atoms with van der Waals surface area (Å²) in [6.45, 7) is 3.96. The third kappa shape index (κ3) is 1.50. The van der Waals surface area contributed by atoms with E-state index in [-0.39, 0.29) is 5.92 Å². The standard InChI is InChI=1S/C13H13NO/c1-3-11-13(9(2)8-14)10-6-4-5-7-12(10)15-11/h4-7,9H,3H2,1-2H3. The van der Waals surface area contributed by atoms with Crippen LogP contribution in [0, 0.1) is 11.3 Å². The number of rotatable bonds is 2. The van der Waals surface area contributed by atoms with E-state index < -0.39 is 0 Å². The largest absolute Gasteiger partial charge is 0.461 e. The van der Waals surface area contributed by atoms with Crippen LogP contribution in [0.3, 0.4) is 0 Å². The predicted octanol–water partition coefficient (Wildman–Crippen LogP) is 3.62. The second kappa shape index (κ2) is 3.78. The fourth-order valence-electron chi connectivity index (χ4n) is 1.92. The maximum absolute atomic E-state index is 8.99. The molecule has 1 heterocycles. The molecule has 2 heteroatoms. The monoisotopic (exact) mass is 199 g/mol. The fourth-order valence-corrected chi connectivity index (χ4v) is 1.92. The van der Waals surface area contributed by atoms with Crippen molar-refractivity contribution in [2.45, 2.75) is 26.2 Å². The van der Waals surface area contributed by atoms with E-state index in [1.165, 1.54) is 0 Å². The first-order valence-corrected chi connectivity index (χ1v) is 5.17. The Morgan fingerprint density at radius 2 is 2.13 bits per heavy atom. The number of fused-ring (bicyclic) bond motifs is 1. The highest BCUT2D eigenvalue weighted by Gasteiger charge is 2.17.